The molecule has 1 fully saturated rings. The Labute approximate surface area is 188 Å². The van der Waals surface area contributed by atoms with Gasteiger partial charge in [0.15, 0.2) is 10.9 Å². The lowest BCUT2D eigenvalue weighted by molar-refractivity contribution is -0.118. The van der Waals surface area contributed by atoms with Crippen molar-refractivity contribution in [2.45, 2.75) is 0 Å². The fourth-order valence-electron chi connectivity index (χ4n) is 3.93. The lowest BCUT2D eigenvalue weighted by Crippen LogP contribution is -2.46. The van der Waals surface area contributed by atoms with Gasteiger partial charge in [-0.05, 0) is 18.2 Å². The summed E-state index contributed by atoms with van der Waals surface area (Å²) in [6.45, 7) is 1.77. The number of hydrogen-bond acceptors (Lipinski definition) is 7. The number of fused-ring (bicyclic) bond motifs is 2. The number of piperazine rings is 1. The van der Waals surface area contributed by atoms with E-state index in [1.807, 2.05) is 4.90 Å². The van der Waals surface area contributed by atoms with E-state index >= 15 is 4.39 Å². The largest absolute Gasteiger partial charge is 0.375 e. The van der Waals surface area contributed by atoms with Gasteiger partial charge in [-0.1, -0.05) is 22.9 Å². The summed E-state index contributed by atoms with van der Waals surface area (Å²) in [5.74, 6) is -1.02. The van der Waals surface area contributed by atoms with E-state index in [0.717, 1.165) is 17.7 Å². The van der Waals surface area contributed by atoms with E-state index in [-0.39, 0.29) is 42.8 Å². The van der Waals surface area contributed by atoms with Crippen LogP contribution in [0.4, 0.5) is 19.7 Å². The average Bonchev–Trinajstić information content (AvgIpc) is 3.18. The molecule has 2 aromatic carbocycles. The van der Waals surface area contributed by atoms with Crippen LogP contribution in [0, 0.1) is 11.6 Å². The third-order valence-corrected chi connectivity index (χ3v) is 6.63. The normalized spacial score (nSPS) is 14.5. The molecule has 164 valence electrons. The van der Waals surface area contributed by atoms with Crippen LogP contribution in [-0.4, -0.2) is 52.4 Å². The number of halogens is 3. The number of carbonyl (C=O) groups is 1. The van der Waals surface area contributed by atoms with Gasteiger partial charge in [0.05, 0.1) is 20.8 Å². The first-order chi connectivity index (χ1) is 15.4. The number of nitrogen functional groups attached to an aromatic ring is 1. The first-order valence-corrected chi connectivity index (χ1v) is 10.8. The van der Waals surface area contributed by atoms with Crippen molar-refractivity contribution in [3.05, 3.63) is 45.3 Å². The minimum absolute atomic E-state index is 0.0203. The fourth-order valence-corrected chi connectivity index (χ4v) is 4.99. The zero-order chi connectivity index (χ0) is 22.6. The summed E-state index contributed by atoms with van der Waals surface area (Å²) >= 11 is 7.46. The quantitative estimate of drug-likeness (QED) is 0.440. The predicted octanol–water partition coefficient (Wildman–Crippen LogP) is 2.99. The molecule has 0 saturated carbocycles. The first kappa shape index (κ1) is 20.6. The van der Waals surface area contributed by atoms with Crippen LogP contribution in [0.1, 0.15) is 0 Å². The van der Waals surface area contributed by atoms with Crippen molar-refractivity contribution < 1.29 is 13.6 Å². The number of carbonyl (C=O) groups excluding carboxylic acids is 1. The molecule has 0 radical (unpaired) electrons. The third kappa shape index (κ3) is 3.24. The van der Waals surface area contributed by atoms with Crippen molar-refractivity contribution in [3.8, 4) is 11.1 Å². The molecule has 3 heterocycles. The van der Waals surface area contributed by atoms with Gasteiger partial charge in [-0.15, -0.1) is 0 Å². The van der Waals surface area contributed by atoms with Crippen LogP contribution in [0.25, 0.3) is 32.2 Å². The van der Waals surface area contributed by atoms with Gasteiger partial charge in [0.1, 0.15) is 11.6 Å². The van der Waals surface area contributed by atoms with E-state index in [0.29, 0.717) is 31.6 Å². The van der Waals surface area contributed by atoms with Gasteiger partial charge in [0, 0.05) is 42.7 Å². The van der Waals surface area contributed by atoms with Crippen LogP contribution < -0.4 is 16.3 Å². The standard InChI is InChI=1S/C20H15ClF2N6O2S/c21-11-7-10-15(26-20(31)27-18(10)29-5-3-28(8-30)4-6-29)14(23)13(11)9-1-2-12(22)17-16(9)25-19(24)32-17/h1-2,7-8H,3-6H2,(H2,24,25)(H,26,27,31). The lowest BCUT2D eigenvalue weighted by atomic mass is 10.0. The van der Waals surface area contributed by atoms with Gasteiger partial charge in [-0.3, -0.25) is 4.79 Å². The molecule has 2 aromatic heterocycles. The summed E-state index contributed by atoms with van der Waals surface area (Å²) in [5, 5.41) is 0.515. The molecule has 0 atom stereocenters. The third-order valence-electron chi connectivity index (χ3n) is 5.44. The molecular weight excluding hydrogens is 462 g/mol. The summed E-state index contributed by atoms with van der Waals surface area (Å²) in [5.41, 5.74) is 5.38. The average molecular weight is 477 g/mol. The summed E-state index contributed by atoms with van der Waals surface area (Å²) in [7, 11) is 0. The molecule has 8 nitrogen and oxygen atoms in total. The molecule has 1 aliphatic heterocycles. The second-order valence-corrected chi connectivity index (χ2v) is 8.73. The Kier molecular flexibility index (Phi) is 4.94. The van der Waals surface area contributed by atoms with Crippen molar-refractivity contribution in [2.24, 2.45) is 0 Å². The number of thiazole rings is 1. The Morgan fingerprint density at radius 3 is 2.66 bits per heavy atom. The molecule has 0 spiro atoms. The van der Waals surface area contributed by atoms with Crippen LogP contribution in [-0.2, 0) is 4.79 Å². The van der Waals surface area contributed by atoms with E-state index in [4.69, 9.17) is 17.3 Å². The molecule has 4 aromatic rings. The minimum atomic E-state index is -0.778. The number of rotatable bonds is 3. The zero-order valence-electron chi connectivity index (χ0n) is 16.4. The number of H-pyrrole nitrogens is 1. The van der Waals surface area contributed by atoms with Crippen LogP contribution in [0.3, 0.4) is 0 Å². The minimum Gasteiger partial charge on any atom is -0.375 e. The Morgan fingerprint density at radius 2 is 1.94 bits per heavy atom. The smallest absolute Gasteiger partial charge is 0.347 e. The molecule has 0 bridgehead atoms. The Bertz CT molecular complexity index is 1450. The second kappa shape index (κ2) is 7.68. The maximum Gasteiger partial charge on any atom is 0.347 e. The maximum atomic E-state index is 15.8. The van der Waals surface area contributed by atoms with Crippen molar-refractivity contribution in [3.63, 3.8) is 0 Å². The number of nitrogens with one attached hydrogen (secondary N) is 1. The molecule has 12 heteroatoms. The SMILES string of the molecule is Nc1nc2c(-c3c(Cl)cc4c(N5CCN(C=O)CC5)nc(=O)[nH]c4c3F)ccc(F)c2s1. The molecule has 0 aliphatic carbocycles. The zero-order valence-corrected chi connectivity index (χ0v) is 17.9. The number of nitrogens with two attached hydrogens (primary N) is 1. The van der Waals surface area contributed by atoms with Crippen molar-refractivity contribution in [1.29, 1.82) is 0 Å². The lowest BCUT2D eigenvalue weighted by Gasteiger charge is -2.33. The summed E-state index contributed by atoms with van der Waals surface area (Å²) in [6, 6.07) is 4.10. The molecule has 1 amide bonds. The second-order valence-electron chi connectivity index (χ2n) is 7.29. The molecule has 5 rings (SSSR count). The predicted molar refractivity (Wildman–Crippen MR) is 120 cm³/mol. The highest BCUT2D eigenvalue weighted by Gasteiger charge is 2.25. The number of aromatic amines is 1. The summed E-state index contributed by atoms with van der Waals surface area (Å²) in [6.07, 6.45) is 0.762. The Hall–Kier alpha value is -3.31. The number of aromatic nitrogens is 3. The van der Waals surface area contributed by atoms with Crippen LogP contribution >= 0.6 is 22.9 Å². The van der Waals surface area contributed by atoms with E-state index in [2.05, 4.69) is 15.0 Å². The van der Waals surface area contributed by atoms with Gasteiger partial charge in [-0.2, -0.15) is 4.98 Å². The van der Waals surface area contributed by atoms with Crippen LogP contribution in [0.5, 0.6) is 0 Å². The number of nitrogens with zero attached hydrogens (tertiary/aromatic N) is 4. The fraction of sp³-hybridized carbons (Fsp3) is 0.200. The molecule has 32 heavy (non-hydrogen) atoms. The first-order valence-electron chi connectivity index (χ1n) is 9.58. The van der Waals surface area contributed by atoms with Crippen LogP contribution in [0.15, 0.2) is 23.0 Å². The monoisotopic (exact) mass is 476 g/mol. The van der Waals surface area contributed by atoms with Gasteiger partial charge < -0.3 is 20.5 Å². The molecule has 3 N–H and O–H groups in total. The molecule has 1 saturated heterocycles. The molecule has 0 unspecified atom stereocenters. The number of hydrogen-bond donors (Lipinski definition) is 2. The maximum absolute atomic E-state index is 15.8. The topological polar surface area (TPSA) is 108 Å². The van der Waals surface area contributed by atoms with Crippen molar-refractivity contribution in [1.82, 2.24) is 19.9 Å². The molecule has 1 aliphatic rings. The van der Waals surface area contributed by atoms with Crippen LogP contribution in [0.2, 0.25) is 5.02 Å². The van der Waals surface area contributed by atoms with E-state index in [1.165, 1.54) is 18.2 Å². The van der Waals surface area contributed by atoms with Gasteiger partial charge >= 0.3 is 5.69 Å². The van der Waals surface area contributed by atoms with Crippen molar-refractivity contribution in [2.75, 3.05) is 36.8 Å². The summed E-state index contributed by atoms with van der Waals surface area (Å²) in [4.78, 5) is 37.3. The highest BCUT2D eigenvalue weighted by atomic mass is 35.5. The Morgan fingerprint density at radius 1 is 1.19 bits per heavy atom. The van der Waals surface area contributed by atoms with E-state index in [1.54, 1.807) is 4.90 Å². The Balaban J connectivity index is 1.72. The van der Waals surface area contributed by atoms with Crippen molar-refractivity contribution >= 4 is 61.4 Å². The van der Waals surface area contributed by atoms with Gasteiger partial charge in [0.25, 0.3) is 0 Å². The number of benzene rings is 2. The molecular formula is C20H15ClF2N6O2S. The highest BCUT2D eigenvalue weighted by Crippen LogP contribution is 2.41. The van der Waals surface area contributed by atoms with Gasteiger partial charge in [0.2, 0.25) is 6.41 Å². The summed E-state index contributed by atoms with van der Waals surface area (Å²) < 4.78 is 30.2. The number of anilines is 2. The van der Waals surface area contributed by atoms with Gasteiger partial charge in [-0.25, -0.2) is 18.6 Å². The van der Waals surface area contributed by atoms with E-state index in [9.17, 15) is 14.0 Å². The van der Waals surface area contributed by atoms with E-state index < -0.39 is 17.3 Å². The highest BCUT2D eigenvalue weighted by molar-refractivity contribution is 7.22. The number of amides is 1.